The highest BCUT2D eigenvalue weighted by Gasteiger charge is 2.46. The average molecular weight is 1440 g/mol. The normalized spacial score (nSPS) is 14.1. The second-order valence-electron chi connectivity index (χ2n) is 32.7. The Morgan fingerprint density at radius 2 is 0.390 bits per heavy atom. The predicted octanol–water partition coefficient (Wildman–Crippen LogP) is 31.7. The van der Waals surface area contributed by atoms with Crippen molar-refractivity contribution in [3.05, 3.63) is 179 Å². The van der Waals surface area contributed by atoms with Crippen LogP contribution >= 0.6 is 23.5 Å². The molecule has 3 aliphatic carbocycles. The maximum Gasteiger partial charge on any atom is 0.113 e. The van der Waals surface area contributed by atoms with Crippen molar-refractivity contribution in [3.63, 3.8) is 0 Å². The number of rotatable bonds is 46. The molecule has 0 amide bonds. The summed E-state index contributed by atoms with van der Waals surface area (Å²) in [6.07, 6.45) is 54.1. The van der Waals surface area contributed by atoms with E-state index in [1.54, 1.807) is 22.3 Å². The summed E-state index contributed by atoms with van der Waals surface area (Å²) in [5.74, 6) is 0. The number of benzene rings is 8. The fraction of sp³-hybridized carbons (Fsp3) is 0.515. The minimum atomic E-state index is -0.149. The standard InChI is InChI=1S/C99H126N4S2/c1-7-13-19-25-31-41-63-97(64-42-32-26-20-14-8-2)87-49-39-37-47-81(87)83-55-51-73(69-89(83)97)77-59-61-79(95-93(77)100-104-102-95)75-53-57-85-86-58-54-76(72-92(86)99(91(85)71-75,67-45-35-29-23-17-11-5)68-46-36-30-24-18-12-6)80-62-60-78(94-96(80)103-105-101-94)74-52-56-84-82-48-38-40-50-88(82)98(90(84)70-74,65-43-33-27-21-15-9-3)66-44-34-28-22-16-10-4/h37-40,47-62,69-72H,7-36,41-46,63-68H2,1-6H3. The molecule has 0 N–H and O–H groups in total. The zero-order valence-corrected chi connectivity index (χ0v) is 67.3. The van der Waals surface area contributed by atoms with Crippen LogP contribution in [0, 0.1) is 0 Å². The first-order valence-corrected chi connectivity index (χ1v) is 44.6. The molecule has 13 rings (SSSR count). The fourth-order valence-corrected chi connectivity index (χ4v) is 21.1. The summed E-state index contributed by atoms with van der Waals surface area (Å²) < 4.78 is 21.1. The molecule has 0 saturated carbocycles. The largest absolute Gasteiger partial charge is 0.172 e. The molecule has 0 unspecified atom stereocenters. The Morgan fingerprint density at radius 3 is 0.629 bits per heavy atom. The third kappa shape index (κ3) is 16.6. The van der Waals surface area contributed by atoms with E-state index < -0.39 is 0 Å². The van der Waals surface area contributed by atoms with Crippen LogP contribution in [0.5, 0.6) is 0 Å². The molecule has 0 radical (unpaired) electrons. The first kappa shape index (κ1) is 76.6. The van der Waals surface area contributed by atoms with E-state index in [1.807, 2.05) is 0 Å². The lowest BCUT2D eigenvalue weighted by molar-refractivity contribution is 0.398. The van der Waals surface area contributed by atoms with Crippen LogP contribution in [0.4, 0.5) is 0 Å². The summed E-state index contributed by atoms with van der Waals surface area (Å²) in [6, 6.07) is 58.8. The second-order valence-corrected chi connectivity index (χ2v) is 33.8. The molecule has 0 fully saturated rings. The van der Waals surface area contributed by atoms with Gasteiger partial charge < -0.3 is 0 Å². The van der Waals surface area contributed by atoms with Crippen molar-refractivity contribution in [2.24, 2.45) is 0 Å². The highest BCUT2D eigenvalue weighted by atomic mass is 32.1. The monoisotopic (exact) mass is 1430 g/mol. The molecule has 0 bridgehead atoms. The van der Waals surface area contributed by atoms with Crippen LogP contribution in [0.25, 0.3) is 100.0 Å². The summed E-state index contributed by atoms with van der Waals surface area (Å²) in [6.45, 7) is 14.0. The number of hydrogen-bond acceptors (Lipinski definition) is 6. The van der Waals surface area contributed by atoms with Gasteiger partial charge in [-0.2, -0.15) is 17.5 Å². The molecule has 105 heavy (non-hydrogen) atoms. The van der Waals surface area contributed by atoms with Crippen LogP contribution in [0.15, 0.2) is 146 Å². The molecular weight excluding hydrogens is 1310 g/mol. The Labute approximate surface area is 643 Å². The minimum absolute atomic E-state index is 0.0110. The molecule has 554 valence electrons. The molecule has 0 aliphatic heterocycles. The van der Waals surface area contributed by atoms with E-state index in [-0.39, 0.29) is 16.2 Å². The summed E-state index contributed by atoms with van der Waals surface area (Å²) in [5, 5.41) is 0. The summed E-state index contributed by atoms with van der Waals surface area (Å²) >= 11 is 2.76. The van der Waals surface area contributed by atoms with E-state index in [1.165, 1.54) is 369 Å². The van der Waals surface area contributed by atoms with E-state index in [4.69, 9.17) is 17.5 Å². The molecule has 6 heteroatoms. The molecule has 2 heterocycles. The highest BCUT2D eigenvalue weighted by Crippen LogP contribution is 2.60. The first-order valence-electron chi connectivity index (χ1n) is 43.2. The van der Waals surface area contributed by atoms with Gasteiger partial charge in [-0.3, -0.25) is 0 Å². The summed E-state index contributed by atoms with van der Waals surface area (Å²) in [4.78, 5) is 0. The molecular formula is C99H126N4S2. The topological polar surface area (TPSA) is 51.6 Å². The predicted molar refractivity (Wildman–Crippen MR) is 457 cm³/mol. The minimum Gasteiger partial charge on any atom is -0.172 e. The zero-order chi connectivity index (χ0) is 72.3. The van der Waals surface area contributed by atoms with Crippen molar-refractivity contribution < 1.29 is 0 Å². The maximum absolute atomic E-state index is 5.28. The molecule has 2 aromatic heterocycles. The molecule has 0 saturated heterocycles. The van der Waals surface area contributed by atoms with Gasteiger partial charge in [0.1, 0.15) is 22.1 Å². The van der Waals surface area contributed by atoms with Crippen molar-refractivity contribution >= 4 is 45.5 Å². The van der Waals surface area contributed by atoms with Gasteiger partial charge in [0, 0.05) is 38.5 Å². The number of nitrogens with zero attached hydrogens (tertiary/aromatic N) is 4. The van der Waals surface area contributed by atoms with Crippen LogP contribution in [-0.2, 0) is 16.2 Å². The third-order valence-electron chi connectivity index (χ3n) is 25.7. The smallest absolute Gasteiger partial charge is 0.113 e. The molecule has 3 aliphatic rings. The van der Waals surface area contributed by atoms with Gasteiger partial charge in [-0.15, -0.1) is 0 Å². The van der Waals surface area contributed by atoms with Gasteiger partial charge in [-0.25, -0.2) is 0 Å². The van der Waals surface area contributed by atoms with Gasteiger partial charge in [-0.1, -0.05) is 394 Å². The maximum atomic E-state index is 5.28. The Kier molecular flexibility index (Phi) is 27.3. The molecule has 8 aromatic carbocycles. The lowest BCUT2D eigenvalue weighted by Crippen LogP contribution is -2.25. The van der Waals surface area contributed by atoms with E-state index in [0.29, 0.717) is 0 Å². The lowest BCUT2D eigenvalue weighted by Gasteiger charge is -2.33. The van der Waals surface area contributed by atoms with Crippen LogP contribution in [0.2, 0.25) is 0 Å². The Bertz CT molecular complexity index is 4110. The van der Waals surface area contributed by atoms with Crippen molar-refractivity contribution in [3.8, 4) is 77.9 Å². The van der Waals surface area contributed by atoms with E-state index in [0.717, 1.165) is 34.9 Å². The van der Waals surface area contributed by atoms with Gasteiger partial charge >= 0.3 is 0 Å². The van der Waals surface area contributed by atoms with Gasteiger partial charge in [0.2, 0.25) is 0 Å². The molecule has 0 atom stereocenters. The third-order valence-corrected chi connectivity index (χ3v) is 26.8. The van der Waals surface area contributed by atoms with E-state index >= 15 is 0 Å². The molecule has 0 spiro atoms. The van der Waals surface area contributed by atoms with Gasteiger partial charge in [0.25, 0.3) is 0 Å². The number of aromatic nitrogens is 4. The van der Waals surface area contributed by atoms with E-state index in [2.05, 4.69) is 187 Å². The van der Waals surface area contributed by atoms with Crippen molar-refractivity contribution in [2.45, 2.75) is 327 Å². The lowest BCUT2D eigenvalue weighted by atomic mass is 9.70. The van der Waals surface area contributed by atoms with E-state index in [9.17, 15) is 0 Å². The Balaban J connectivity index is 0.861. The SMILES string of the molecule is CCCCCCCCC1(CCCCCCCC)c2ccccc2-c2ccc(-c3ccc(-c4ccc5c(c4)C(CCCCCCCC)(CCCCCCCC)c4cc(-c6ccc(-c7ccc8c(c7)C(CCCCCCCC)(CCCCCCCC)c7ccccc7-8)c7nsnc67)ccc4-5)c4nsnc34)cc21. The van der Waals surface area contributed by atoms with Crippen molar-refractivity contribution in [2.75, 3.05) is 0 Å². The van der Waals surface area contributed by atoms with Crippen molar-refractivity contribution in [1.29, 1.82) is 0 Å². The Hall–Kier alpha value is -6.60. The van der Waals surface area contributed by atoms with Crippen LogP contribution in [0.3, 0.4) is 0 Å². The summed E-state index contributed by atoms with van der Waals surface area (Å²) in [7, 11) is 0. The highest BCUT2D eigenvalue weighted by molar-refractivity contribution is 7.00. The number of fused-ring (bicyclic) bond motifs is 11. The van der Waals surface area contributed by atoms with Crippen molar-refractivity contribution in [1.82, 2.24) is 17.5 Å². The average Bonchev–Trinajstić information content (AvgIpc) is 1.58. The zero-order valence-electron chi connectivity index (χ0n) is 65.7. The summed E-state index contributed by atoms with van der Waals surface area (Å²) in [5.41, 5.74) is 31.6. The second kappa shape index (κ2) is 37.5. The molecule has 10 aromatic rings. The van der Waals surface area contributed by atoms with Gasteiger partial charge in [0.15, 0.2) is 0 Å². The molecule has 4 nitrogen and oxygen atoms in total. The van der Waals surface area contributed by atoms with Crippen LogP contribution in [0.1, 0.15) is 345 Å². The Morgan fingerprint density at radius 1 is 0.200 bits per heavy atom. The quantitative estimate of drug-likeness (QED) is 0.0357. The van der Waals surface area contributed by atoms with Gasteiger partial charge in [-0.05, 0) is 152 Å². The van der Waals surface area contributed by atoms with Crippen LogP contribution < -0.4 is 0 Å². The number of hydrogen-bond donors (Lipinski definition) is 0. The van der Waals surface area contributed by atoms with Crippen LogP contribution in [-0.4, -0.2) is 17.5 Å². The number of unbranched alkanes of at least 4 members (excludes halogenated alkanes) is 30. The van der Waals surface area contributed by atoms with Gasteiger partial charge in [0.05, 0.1) is 23.5 Å². The first-order chi connectivity index (χ1) is 51.9. The fourth-order valence-electron chi connectivity index (χ4n) is 20.0.